The molecule has 0 bridgehead atoms. The highest BCUT2D eigenvalue weighted by Gasteiger charge is 2.35. The lowest BCUT2D eigenvalue weighted by molar-refractivity contribution is -0.147. The van der Waals surface area contributed by atoms with Gasteiger partial charge in [0, 0.05) is 5.38 Å². The van der Waals surface area contributed by atoms with Gasteiger partial charge in [0.25, 0.3) is 5.91 Å². The van der Waals surface area contributed by atoms with Crippen molar-refractivity contribution in [3.05, 3.63) is 20.8 Å². The number of thiophene rings is 1. The van der Waals surface area contributed by atoms with E-state index in [1.54, 1.807) is 18.4 Å². The minimum atomic E-state index is -0.977. The lowest BCUT2D eigenvalue weighted by Crippen LogP contribution is -2.52. The van der Waals surface area contributed by atoms with Crippen LogP contribution >= 0.6 is 27.3 Å². The van der Waals surface area contributed by atoms with Crippen LogP contribution in [0.5, 0.6) is 0 Å². The maximum Gasteiger partial charge on any atom is 0.331 e. The molecule has 1 heterocycles. The summed E-state index contributed by atoms with van der Waals surface area (Å²) in [6, 6.07) is 1.73. The maximum atomic E-state index is 12.0. The Hall–Kier alpha value is -0.880. The predicted octanol–water partition coefficient (Wildman–Crippen LogP) is 2.97. The molecule has 1 aromatic heterocycles. The third-order valence-electron chi connectivity index (χ3n) is 2.60. The minimum absolute atomic E-state index is 0.265. The zero-order valence-corrected chi connectivity index (χ0v) is 13.0. The molecule has 4 nitrogen and oxygen atoms in total. The molecule has 100 valence electrons. The van der Waals surface area contributed by atoms with Gasteiger partial charge in [0.15, 0.2) is 0 Å². The van der Waals surface area contributed by atoms with Crippen LogP contribution in [0.2, 0.25) is 0 Å². The molecule has 1 amide bonds. The van der Waals surface area contributed by atoms with Gasteiger partial charge in [0.05, 0.1) is 16.5 Å². The summed E-state index contributed by atoms with van der Waals surface area (Å²) < 4.78 is 5.63. The number of rotatable bonds is 5. The first kappa shape index (κ1) is 15.2. The highest BCUT2D eigenvalue weighted by molar-refractivity contribution is 9.11. The monoisotopic (exact) mass is 333 g/mol. The molecule has 0 aliphatic rings. The van der Waals surface area contributed by atoms with E-state index >= 15 is 0 Å². The van der Waals surface area contributed by atoms with E-state index in [1.165, 1.54) is 18.4 Å². The first-order chi connectivity index (χ1) is 8.42. The Labute approximate surface area is 119 Å². The molecule has 1 unspecified atom stereocenters. The summed E-state index contributed by atoms with van der Waals surface area (Å²) in [6.45, 7) is 3.64. The summed E-state index contributed by atoms with van der Waals surface area (Å²) >= 11 is 4.73. The van der Waals surface area contributed by atoms with Crippen molar-refractivity contribution in [2.45, 2.75) is 32.2 Å². The molecule has 0 aromatic carbocycles. The van der Waals surface area contributed by atoms with E-state index < -0.39 is 11.5 Å². The molecule has 1 rings (SSSR count). The van der Waals surface area contributed by atoms with Gasteiger partial charge in [-0.2, -0.15) is 0 Å². The topological polar surface area (TPSA) is 55.4 Å². The number of nitrogens with one attached hydrogen (secondary N) is 1. The number of esters is 1. The van der Waals surface area contributed by atoms with Gasteiger partial charge in [-0.05, 0) is 35.3 Å². The molecule has 0 fully saturated rings. The van der Waals surface area contributed by atoms with Gasteiger partial charge in [-0.3, -0.25) is 4.79 Å². The SMILES string of the molecule is CCCC(C)(NC(=O)c1csc(Br)c1)C(=O)OC. The number of halogens is 1. The first-order valence-electron chi connectivity index (χ1n) is 5.58. The van der Waals surface area contributed by atoms with Crippen molar-refractivity contribution >= 4 is 39.1 Å². The van der Waals surface area contributed by atoms with Crippen molar-refractivity contribution < 1.29 is 14.3 Å². The highest BCUT2D eigenvalue weighted by Crippen LogP contribution is 2.22. The van der Waals surface area contributed by atoms with Crippen molar-refractivity contribution in [3.8, 4) is 0 Å². The first-order valence-corrected chi connectivity index (χ1v) is 7.25. The summed E-state index contributed by atoms with van der Waals surface area (Å²) in [5, 5.41) is 4.49. The molecule has 1 atom stereocenters. The third kappa shape index (κ3) is 3.55. The second kappa shape index (κ2) is 6.33. The van der Waals surface area contributed by atoms with Gasteiger partial charge in [-0.1, -0.05) is 13.3 Å². The number of hydrogen-bond acceptors (Lipinski definition) is 4. The summed E-state index contributed by atoms with van der Waals surface area (Å²) in [5.74, 6) is -0.690. The van der Waals surface area contributed by atoms with Crippen molar-refractivity contribution in [3.63, 3.8) is 0 Å². The van der Waals surface area contributed by atoms with E-state index in [-0.39, 0.29) is 5.91 Å². The zero-order valence-electron chi connectivity index (χ0n) is 10.6. The molecular weight excluding hydrogens is 318 g/mol. The molecule has 1 N–H and O–H groups in total. The Kier molecular flexibility index (Phi) is 5.34. The molecule has 0 saturated heterocycles. The molecule has 6 heteroatoms. The minimum Gasteiger partial charge on any atom is -0.467 e. The molecule has 18 heavy (non-hydrogen) atoms. The van der Waals surface area contributed by atoms with Crippen LogP contribution < -0.4 is 5.32 Å². The van der Waals surface area contributed by atoms with Gasteiger partial charge >= 0.3 is 5.97 Å². The average Bonchev–Trinajstić information content (AvgIpc) is 2.75. The highest BCUT2D eigenvalue weighted by atomic mass is 79.9. The van der Waals surface area contributed by atoms with Crippen molar-refractivity contribution in [1.82, 2.24) is 5.32 Å². The molecule has 0 radical (unpaired) electrons. The molecular formula is C12H16BrNO3S. The van der Waals surface area contributed by atoms with E-state index in [0.717, 1.165) is 10.2 Å². The number of amides is 1. The van der Waals surface area contributed by atoms with Crippen molar-refractivity contribution in [2.75, 3.05) is 7.11 Å². The summed E-state index contributed by atoms with van der Waals surface area (Å²) in [6.07, 6.45) is 1.32. The second-order valence-corrected chi connectivity index (χ2v) is 6.46. The molecule has 1 aromatic rings. The molecule has 0 aliphatic heterocycles. The zero-order chi connectivity index (χ0) is 13.8. The van der Waals surface area contributed by atoms with Gasteiger partial charge in [0.1, 0.15) is 5.54 Å². The predicted molar refractivity (Wildman–Crippen MR) is 74.8 cm³/mol. The average molecular weight is 334 g/mol. The maximum absolute atomic E-state index is 12.0. The van der Waals surface area contributed by atoms with E-state index in [1.807, 2.05) is 6.92 Å². The largest absolute Gasteiger partial charge is 0.467 e. The standard InChI is InChI=1S/C12H16BrNO3S/c1-4-5-12(2,11(16)17-3)14-10(15)8-6-9(13)18-7-8/h6-7H,4-5H2,1-3H3,(H,14,15). The Balaban J connectivity index is 2.84. The van der Waals surface area contributed by atoms with E-state index in [0.29, 0.717) is 12.0 Å². The fourth-order valence-electron chi connectivity index (χ4n) is 1.69. The molecule has 0 saturated carbocycles. The Morgan fingerprint density at radius 2 is 2.22 bits per heavy atom. The fourth-order valence-corrected chi connectivity index (χ4v) is 2.83. The van der Waals surface area contributed by atoms with E-state index in [4.69, 9.17) is 4.74 Å². The van der Waals surface area contributed by atoms with Crippen LogP contribution in [0.1, 0.15) is 37.0 Å². The van der Waals surface area contributed by atoms with Gasteiger partial charge in [-0.15, -0.1) is 11.3 Å². The van der Waals surface area contributed by atoms with Gasteiger partial charge in [-0.25, -0.2) is 4.79 Å². The van der Waals surface area contributed by atoms with Crippen LogP contribution in [0.15, 0.2) is 15.2 Å². The quantitative estimate of drug-likeness (QED) is 0.843. The van der Waals surface area contributed by atoms with E-state index in [2.05, 4.69) is 21.2 Å². The van der Waals surface area contributed by atoms with Crippen molar-refractivity contribution in [2.24, 2.45) is 0 Å². The summed E-state index contributed by atoms with van der Waals surface area (Å²) in [5.41, 5.74) is -0.437. The van der Waals surface area contributed by atoms with Crippen molar-refractivity contribution in [1.29, 1.82) is 0 Å². The number of ether oxygens (including phenoxy) is 1. The Morgan fingerprint density at radius 3 is 2.67 bits per heavy atom. The number of carbonyl (C=O) groups is 2. The van der Waals surface area contributed by atoms with Crippen LogP contribution in [0.25, 0.3) is 0 Å². The Morgan fingerprint density at radius 1 is 1.56 bits per heavy atom. The molecule has 0 spiro atoms. The van der Waals surface area contributed by atoms with E-state index in [9.17, 15) is 9.59 Å². The number of carbonyl (C=O) groups excluding carboxylic acids is 2. The van der Waals surface area contributed by atoms with Crippen LogP contribution in [0, 0.1) is 0 Å². The van der Waals surface area contributed by atoms with Gasteiger partial charge < -0.3 is 10.1 Å². The summed E-state index contributed by atoms with van der Waals surface area (Å²) in [4.78, 5) is 23.8. The summed E-state index contributed by atoms with van der Waals surface area (Å²) in [7, 11) is 1.32. The number of methoxy groups -OCH3 is 1. The lowest BCUT2D eigenvalue weighted by atomic mass is 9.96. The second-order valence-electron chi connectivity index (χ2n) is 4.17. The third-order valence-corrected chi connectivity index (χ3v) is 4.11. The van der Waals surface area contributed by atoms with Crippen LogP contribution in [0.3, 0.4) is 0 Å². The van der Waals surface area contributed by atoms with Gasteiger partial charge in [0.2, 0.25) is 0 Å². The van der Waals surface area contributed by atoms with Crippen LogP contribution in [-0.2, 0) is 9.53 Å². The number of hydrogen-bond donors (Lipinski definition) is 1. The normalized spacial score (nSPS) is 13.8. The van der Waals surface area contributed by atoms with Crippen LogP contribution in [-0.4, -0.2) is 24.5 Å². The lowest BCUT2D eigenvalue weighted by Gasteiger charge is -2.27. The Bertz CT molecular complexity index is 446. The molecule has 0 aliphatic carbocycles. The smallest absolute Gasteiger partial charge is 0.331 e. The van der Waals surface area contributed by atoms with Crippen LogP contribution in [0.4, 0.5) is 0 Å². The fraction of sp³-hybridized carbons (Fsp3) is 0.500.